The van der Waals surface area contributed by atoms with Crippen LogP contribution in [0.1, 0.15) is 19.9 Å². The number of nitrogens with zero attached hydrogens (tertiary/aromatic N) is 3. The van der Waals surface area contributed by atoms with Gasteiger partial charge in [0.25, 0.3) is 0 Å². The van der Waals surface area contributed by atoms with Gasteiger partial charge in [0, 0.05) is 18.3 Å². The lowest BCUT2D eigenvalue weighted by Gasteiger charge is -2.04. The first-order valence-electron chi connectivity index (χ1n) is 4.99. The minimum Gasteiger partial charge on any atom is -0.454 e. The normalized spacial score (nSPS) is 10.8. The second-order valence-corrected chi connectivity index (χ2v) is 3.67. The Labute approximate surface area is 92.7 Å². The molecule has 0 aliphatic carbocycles. The Bertz CT molecular complexity index is 482. The fraction of sp³-hybridized carbons (Fsp3) is 0.273. The molecule has 2 aromatic rings. The van der Waals surface area contributed by atoms with E-state index >= 15 is 0 Å². The molecule has 0 aliphatic heterocycles. The van der Waals surface area contributed by atoms with Crippen molar-refractivity contribution in [1.29, 1.82) is 0 Å². The third-order valence-corrected chi connectivity index (χ3v) is 2.04. The van der Waals surface area contributed by atoms with Gasteiger partial charge < -0.3 is 4.74 Å². The van der Waals surface area contributed by atoms with Crippen LogP contribution in [0.5, 0.6) is 11.5 Å². The summed E-state index contributed by atoms with van der Waals surface area (Å²) >= 11 is 0. The lowest BCUT2D eigenvalue weighted by atomic mass is 10.4. The Hall–Kier alpha value is -1.91. The Morgan fingerprint density at radius 1 is 1.38 bits per heavy atom. The maximum Gasteiger partial charge on any atom is 0.216 e. The molecular formula is C11H12FN3O. The molecular weight excluding hydrogens is 209 g/mol. The molecule has 4 nitrogen and oxygen atoms in total. The van der Waals surface area contributed by atoms with Crippen molar-refractivity contribution in [3.8, 4) is 11.5 Å². The molecule has 0 bridgehead atoms. The molecule has 2 aromatic heterocycles. The number of hydrogen-bond acceptors (Lipinski definition) is 3. The molecule has 0 radical (unpaired) electrons. The molecule has 0 N–H and O–H groups in total. The smallest absolute Gasteiger partial charge is 0.216 e. The van der Waals surface area contributed by atoms with Crippen LogP contribution >= 0.6 is 0 Å². The molecule has 0 saturated carbocycles. The number of halogens is 1. The molecule has 2 heterocycles. The van der Waals surface area contributed by atoms with Crippen LogP contribution in [-0.4, -0.2) is 14.8 Å². The summed E-state index contributed by atoms with van der Waals surface area (Å²) in [7, 11) is 0. The summed E-state index contributed by atoms with van der Waals surface area (Å²) in [6.45, 7) is 4.03. The maximum atomic E-state index is 12.8. The average molecular weight is 221 g/mol. The first-order valence-corrected chi connectivity index (χ1v) is 4.99. The zero-order valence-corrected chi connectivity index (χ0v) is 9.09. The summed E-state index contributed by atoms with van der Waals surface area (Å²) in [5.74, 6) is 0.434. The van der Waals surface area contributed by atoms with Crippen LogP contribution in [0.4, 0.5) is 4.39 Å². The fourth-order valence-electron chi connectivity index (χ4n) is 1.24. The van der Waals surface area contributed by atoms with Crippen LogP contribution in [0.25, 0.3) is 0 Å². The second-order valence-electron chi connectivity index (χ2n) is 3.67. The van der Waals surface area contributed by atoms with Gasteiger partial charge in [-0.25, -0.2) is 4.98 Å². The molecule has 0 spiro atoms. The van der Waals surface area contributed by atoms with Crippen LogP contribution < -0.4 is 4.74 Å². The summed E-state index contributed by atoms with van der Waals surface area (Å²) in [4.78, 5) is 3.45. The van der Waals surface area contributed by atoms with Gasteiger partial charge in [0.2, 0.25) is 5.95 Å². The molecule has 0 unspecified atom stereocenters. The van der Waals surface area contributed by atoms with Crippen LogP contribution in [0, 0.1) is 5.95 Å². The summed E-state index contributed by atoms with van der Waals surface area (Å²) < 4.78 is 20.0. The number of hydrogen-bond donors (Lipinski definition) is 0. The van der Waals surface area contributed by atoms with Gasteiger partial charge in [-0.15, -0.1) is 0 Å². The molecule has 84 valence electrons. The molecule has 0 aromatic carbocycles. The predicted molar refractivity (Wildman–Crippen MR) is 56.9 cm³/mol. The average Bonchev–Trinajstić information content (AvgIpc) is 2.66. The second kappa shape index (κ2) is 4.30. The van der Waals surface area contributed by atoms with Crippen LogP contribution in [0.15, 0.2) is 30.7 Å². The van der Waals surface area contributed by atoms with Crippen LogP contribution in [0.3, 0.4) is 0 Å². The van der Waals surface area contributed by atoms with Crippen molar-refractivity contribution in [2.75, 3.05) is 0 Å². The van der Waals surface area contributed by atoms with Crippen LogP contribution in [0.2, 0.25) is 0 Å². The van der Waals surface area contributed by atoms with Crippen molar-refractivity contribution in [2.45, 2.75) is 19.9 Å². The third-order valence-electron chi connectivity index (χ3n) is 2.04. The van der Waals surface area contributed by atoms with Gasteiger partial charge in [0.15, 0.2) is 5.75 Å². The highest BCUT2D eigenvalue weighted by Gasteiger charge is 2.04. The Kier molecular flexibility index (Phi) is 2.85. The van der Waals surface area contributed by atoms with Crippen molar-refractivity contribution in [2.24, 2.45) is 0 Å². The van der Waals surface area contributed by atoms with Gasteiger partial charge in [-0.1, -0.05) is 0 Å². The molecule has 0 aliphatic rings. The van der Waals surface area contributed by atoms with E-state index in [9.17, 15) is 4.39 Å². The zero-order valence-electron chi connectivity index (χ0n) is 9.09. The monoisotopic (exact) mass is 221 g/mol. The van der Waals surface area contributed by atoms with E-state index in [2.05, 4.69) is 10.1 Å². The lowest BCUT2D eigenvalue weighted by molar-refractivity contribution is 0.468. The van der Waals surface area contributed by atoms with E-state index in [0.29, 0.717) is 11.5 Å². The van der Waals surface area contributed by atoms with Crippen LogP contribution in [-0.2, 0) is 0 Å². The number of rotatable bonds is 3. The van der Waals surface area contributed by atoms with Gasteiger partial charge in [-0.3, -0.25) is 4.68 Å². The van der Waals surface area contributed by atoms with Crippen molar-refractivity contribution >= 4 is 0 Å². The molecule has 2 rings (SSSR count). The summed E-state index contributed by atoms with van der Waals surface area (Å²) in [6.07, 6.45) is 4.72. The molecule has 0 fully saturated rings. The molecule has 5 heteroatoms. The Balaban J connectivity index is 2.14. The van der Waals surface area contributed by atoms with E-state index in [4.69, 9.17) is 4.74 Å². The number of aromatic nitrogens is 3. The number of pyridine rings is 1. The highest BCUT2D eigenvalue weighted by Crippen LogP contribution is 2.21. The van der Waals surface area contributed by atoms with E-state index in [1.54, 1.807) is 23.1 Å². The van der Waals surface area contributed by atoms with E-state index in [-0.39, 0.29) is 6.04 Å². The number of ether oxygens (including phenoxy) is 1. The highest BCUT2D eigenvalue weighted by molar-refractivity contribution is 5.26. The first-order chi connectivity index (χ1) is 7.65. The van der Waals surface area contributed by atoms with E-state index in [1.807, 2.05) is 13.8 Å². The predicted octanol–water partition coefficient (Wildman–Crippen LogP) is 2.79. The van der Waals surface area contributed by atoms with Crippen molar-refractivity contribution in [3.05, 3.63) is 36.7 Å². The summed E-state index contributed by atoms with van der Waals surface area (Å²) in [5.41, 5.74) is 0. The van der Waals surface area contributed by atoms with Crippen molar-refractivity contribution < 1.29 is 9.13 Å². The lowest BCUT2D eigenvalue weighted by Crippen LogP contribution is -1.99. The minimum absolute atomic E-state index is 0.270. The minimum atomic E-state index is -0.561. The molecule has 0 atom stereocenters. The topological polar surface area (TPSA) is 39.9 Å². The third kappa shape index (κ3) is 2.36. The Morgan fingerprint density at radius 2 is 2.19 bits per heavy atom. The van der Waals surface area contributed by atoms with Gasteiger partial charge in [0.05, 0.1) is 12.4 Å². The fourth-order valence-corrected chi connectivity index (χ4v) is 1.24. The maximum absolute atomic E-state index is 12.8. The van der Waals surface area contributed by atoms with Crippen molar-refractivity contribution in [3.63, 3.8) is 0 Å². The van der Waals surface area contributed by atoms with E-state index < -0.39 is 5.95 Å². The SMILES string of the molecule is CC(C)n1cc(Oc2ccnc(F)c2)cn1. The van der Waals surface area contributed by atoms with E-state index in [0.717, 1.165) is 0 Å². The first kappa shape index (κ1) is 10.6. The summed E-state index contributed by atoms with van der Waals surface area (Å²) in [5, 5.41) is 4.12. The molecule has 0 amide bonds. The van der Waals surface area contributed by atoms with E-state index in [1.165, 1.54) is 12.3 Å². The molecule has 0 saturated heterocycles. The van der Waals surface area contributed by atoms with Gasteiger partial charge in [-0.05, 0) is 19.9 Å². The summed E-state index contributed by atoms with van der Waals surface area (Å²) in [6, 6.07) is 3.09. The van der Waals surface area contributed by atoms with Gasteiger partial charge in [0.1, 0.15) is 5.75 Å². The van der Waals surface area contributed by atoms with Gasteiger partial charge in [-0.2, -0.15) is 9.49 Å². The highest BCUT2D eigenvalue weighted by atomic mass is 19.1. The molecule has 16 heavy (non-hydrogen) atoms. The zero-order chi connectivity index (χ0) is 11.5. The quantitative estimate of drug-likeness (QED) is 0.748. The van der Waals surface area contributed by atoms with Crippen molar-refractivity contribution in [1.82, 2.24) is 14.8 Å². The largest absolute Gasteiger partial charge is 0.454 e. The Morgan fingerprint density at radius 3 is 2.81 bits per heavy atom. The standard InChI is InChI=1S/C11H12FN3O/c1-8(2)15-7-10(6-14-15)16-9-3-4-13-11(12)5-9/h3-8H,1-2H3. The van der Waals surface area contributed by atoms with Gasteiger partial charge >= 0.3 is 0 Å².